The Morgan fingerprint density at radius 1 is 1.53 bits per heavy atom. The van der Waals surface area contributed by atoms with Crippen molar-refractivity contribution < 1.29 is 8.42 Å². The van der Waals surface area contributed by atoms with E-state index in [2.05, 4.69) is 20.2 Å². The number of piperidine rings is 1. The molecule has 1 aromatic heterocycles. The molecule has 1 atom stereocenters. The van der Waals surface area contributed by atoms with Gasteiger partial charge in [0.25, 0.3) is 0 Å². The largest absolute Gasteiger partial charge is 0.316 e. The number of sulfonamides is 1. The first-order valence-corrected chi connectivity index (χ1v) is 7.78. The Balaban J connectivity index is 0.00000180. The number of H-pyrrole nitrogens is 1. The fourth-order valence-corrected chi connectivity index (χ4v) is 3.44. The van der Waals surface area contributed by atoms with E-state index >= 15 is 0 Å². The fourth-order valence-electron chi connectivity index (χ4n) is 2.26. The van der Waals surface area contributed by atoms with Gasteiger partial charge in [0.1, 0.15) is 4.90 Å². The Morgan fingerprint density at radius 3 is 2.89 bits per heavy atom. The Hall–Kier alpha value is -0.630. The summed E-state index contributed by atoms with van der Waals surface area (Å²) in [7, 11) is -3.41. The minimum Gasteiger partial charge on any atom is -0.316 e. The summed E-state index contributed by atoms with van der Waals surface area (Å²) in [5.74, 6) is 0.576. The molecule has 0 saturated carbocycles. The number of halogens is 1. The molecule has 0 spiro atoms. The molecule has 6 nitrogen and oxygen atoms in total. The first-order valence-electron chi connectivity index (χ1n) is 6.30. The lowest BCUT2D eigenvalue weighted by atomic mass is 9.96. The summed E-state index contributed by atoms with van der Waals surface area (Å²) in [4.78, 5) is 0.240. The molecular weight excluding hydrogens is 288 g/mol. The van der Waals surface area contributed by atoms with Crippen LogP contribution in [0.1, 0.15) is 25.0 Å². The molecule has 1 fully saturated rings. The average molecular weight is 309 g/mol. The van der Waals surface area contributed by atoms with Gasteiger partial charge in [0.15, 0.2) is 0 Å². The number of nitrogens with one attached hydrogen (secondary N) is 3. The zero-order chi connectivity index (χ0) is 13.0. The zero-order valence-electron chi connectivity index (χ0n) is 11.0. The molecule has 0 bridgehead atoms. The molecule has 1 aliphatic rings. The van der Waals surface area contributed by atoms with Crippen molar-refractivity contribution in [3.05, 3.63) is 11.9 Å². The van der Waals surface area contributed by atoms with Gasteiger partial charge in [-0.25, -0.2) is 13.1 Å². The highest BCUT2D eigenvalue weighted by molar-refractivity contribution is 7.89. The number of nitrogens with zero attached hydrogens (tertiary/aromatic N) is 1. The van der Waals surface area contributed by atoms with E-state index in [-0.39, 0.29) is 17.3 Å². The molecular formula is C11H21ClN4O2S. The van der Waals surface area contributed by atoms with E-state index in [4.69, 9.17) is 0 Å². The first kappa shape index (κ1) is 16.4. The van der Waals surface area contributed by atoms with Gasteiger partial charge in [0, 0.05) is 6.54 Å². The van der Waals surface area contributed by atoms with Crippen molar-refractivity contribution in [1.29, 1.82) is 0 Å². The Labute approximate surface area is 120 Å². The molecule has 0 aromatic carbocycles. The molecule has 8 heteroatoms. The Kier molecular flexibility index (Phi) is 6.25. The van der Waals surface area contributed by atoms with Crippen LogP contribution in [0.4, 0.5) is 0 Å². The molecule has 1 saturated heterocycles. The summed E-state index contributed by atoms with van der Waals surface area (Å²) in [6.07, 6.45) is 4.58. The predicted molar refractivity (Wildman–Crippen MR) is 76.0 cm³/mol. The van der Waals surface area contributed by atoms with Crippen LogP contribution in [0, 0.1) is 12.8 Å². The average Bonchev–Trinajstić information content (AvgIpc) is 2.77. The van der Waals surface area contributed by atoms with E-state index in [1.54, 1.807) is 6.92 Å². The van der Waals surface area contributed by atoms with E-state index < -0.39 is 10.0 Å². The van der Waals surface area contributed by atoms with Crippen LogP contribution in [0.5, 0.6) is 0 Å². The van der Waals surface area contributed by atoms with Crippen LogP contribution < -0.4 is 10.0 Å². The number of aryl methyl sites for hydroxylation is 1. The minimum atomic E-state index is -3.41. The van der Waals surface area contributed by atoms with Gasteiger partial charge >= 0.3 is 0 Å². The van der Waals surface area contributed by atoms with Gasteiger partial charge in [0.2, 0.25) is 10.0 Å². The van der Waals surface area contributed by atoms with Crippen molar-refractivity contribution >= 4 is 22.4 Å². The highest BCUT2D eigenvalue weighted by atomic mass is 35.5. The summed E-state index contributed by atoms with van der Waals surface area (Å²) >= 11 is 0. The van der Waals surface area contributed by atoms with Gasteiger partial charge in [-0.2, -0.15) is 5.10 Å². The van der Waals surface area contributed by atoms with Crippen molar-refractivity contribution in [2.24, 2.45) is 5.92 Å². The number of rotatable bonds is 5. The smallest absolute Gasteiger partial charge is 0.243 e. The maximum Gasteiger partial charge on any atom is 0.243 e. The van der Waals surface area contributed by atoms with E-state index in [9.17, 15) is 8.42 Å². The SMILES string of the molecule is Cc1[nH]ncc1S(=O)(=O)NCCC1CCCNC1.Cl. The van der Waals surface area contributed by atoms with Gasteiger partial charge in [-0.05, 0) is 45.2 Å². The van der Waals surface area contributed by atoms with Crippen LogP contribution in [0.3, 0.4) is 0 Å². The topological polar surface area (TPSA) is 86.9 Å². The molecule has 2 rings (SSSR count). The molecule has 1 aromatic rings. The Morgan fingerprint density at radius 2 is 2.32 bits per heavy atom. The Bertz CT molecular complexity index is 483. The van der Waals surface area contributed by atoms with E-state index in [1.165, 1.54) is 19.0 Å². The van der Waals surface area contributed by atoms with Crippen molar-refractivity contribution in [3.8, 4) is 0 Å². The first-order chi connectivity index (χ1) is 8.59. The number of hydrogen-bond acceptors (Lipinski definition) is 4. The van der Waals surface area contributed by atoms with Crippen molar-refractivity contribution in [1.82, 2.24) is 20.2 Å². The number of hydrogen-bond donors (Lipinski definition) is 3. The molecule has 2 heterocycles. The van der Waals surface area contributed by atoms with Crippen molar-refractivity contribution in [2.45, 2.75) is 31.1 Å². The van der Waals surface area contributed by atoms with Gasteiger partial charge in [0.05, 0.1) is 11.9 Å². The molecule has 0 aliphatic carbocycles. The van der Waals surface area contributed by atoms with Crippen LogP contribution in [-0.2, 0) is 10.0 Å². The maximum atomic E-state index is 12.0. The lowest BCUT2D eigenvalue weighted by molar-refractivity contribution is 0.358. The third-order valence-corrected chi connectivity index (χ3v) is 4.89. The van der Waals surface area contributed by atoms with Crippen LogP contribution in [-0.4, -0.2) is 38.2 Å². The zero-order valence-corrected chi connectivity index (χ0v) is 12.6. The van der Waals surface area contributed by atoms with E-state index in [0.29, 0.717) is 18.2 Å². The normalized spacial score (nSPS) is 19.9. The fraction of sp³-hybridized carbons (Fsp3) is 0.727. The highest BCUT2D eigenvalue weighted by Gasteiger charge is 2.19. The van der Waals surface area contributed by atoms with Crippen molar-refractivity contribution in [2.75, 3.05) is 19.6 Å². The molecule has 110 valence electrons. The molecule has 19 heavy (non-hydrogen) atoms. The summed E-state index contributed by atoms with van der Waals surface area (Å²) in [5, 5.41) is 9.69. The van der Waals surface area contributed by atoms with E-state index in [1.807, 2.05) is 0 Å². The molecule has 0 radical (unpaired) electrons. The molecule has 3 N–H and O–H groups in total. The van der Waals surface area contributed by atoms with Crippen LogP contribution >= 0.6 is 12.4 Å². The summed E-state index contributed by atoms with van der Waals surface area (Å²) in [6.45, 7) is 4.26. The van der Waals surface area contributed by atoms with Crippen LogP contribution in [0.15, 0.2) is 11.1 Å². The van der Waals surface area contributed by atoms with E-state index in [0.717, 1.165) is 19.5 Å². The number of aromatic nitrogens is 2. The van der Waals surface area contributed by atoms with Gasteiger partial charge < -0.3 is 5.32 Å². The second kappa shape index (κ2) is 7.23. The van der Waals surface area contributed by atoms with Gasteiger partial charge in [-0.15, -0.1) is 12.4 Å². The summed E-state index contributed by atoms with van der Waals surface area (Å²) < 4.78 is 26.6. The second-order valence-electron chi connectivity index (χ2n) is 4.76. The predicted octanol–water partition coefficient (Wildman–Crippen LogP) is 0.808. The standard InChI is InChI=1S/C11H20N4O2S.ClH/c1-9-11(8-13-15-9)18(16,17)14-6-4-10-3-2-5-12-7-10;/h8,10,12,14H,2-7H2,1H3,(H,13,15);1H. The van der Waals surface area contributed by atoms with Gasteiger partial charge in [-0.3, -0.25) is 5.10 Å². The second-order valence-corrected chi connectivity index (χ2v) is 6.49. The lowest BCUT2D eigenvalue weighted by Gasteiger charge is -2.22. The quantitative estimate of drug-likeness (QED) is 0.751. The lowest BCUT2D eigenvalue weighted by Crippen LogP contribution is -2.33. The molecule has 1 aliphatic heterocycles. The third kappa shape index (κ3) is 4.45. The van der Waals surface area contributed by atoms with Crippen LogP contribution in [0.25, 0.3) is 0 Å². The maximum absolute atomic E-state index is 12.0. The minimum absolute atomic E-state index is 0. The number of aromatic amines is 1. The highest BCUT2D eigenvalue weighted by Crippen LogP contribution is 2.14. The molecule has 0 amide bonds. The molecule has 1 unspecified atom stereocenters. The summed E-state index contributed by atoms with van der Waals surface area (Å²) in [5.41, 5.74) is 0.571. The van der Waals surface area contributed by atoms with Crippen molar-refractivity contribution in [3.63, 3.8) is 0 Å². The van der Waals surface area contributed by atoms with Gasteiger partial charge in [-0.1, -0.05) is 0 Å². The van der Waals surface area contributed by atoms with Crippen LogP contribution in [0.2, 0.25) is 0 Å². The monoisotopic (exact) mass is 308 g/mol. The third-order valence-electron chi connectivity index (χ3n) is 3.32. The summed E-state index contributed by atoms with van der Waals surface area (Å²) in [6, 6.07) is 0.